The fraction of sp³-hybridized carbons (Fsp3) is 0.0833. The van der Waals surface area contributed by atoms with E-state index in [2.05, 4.69) is 47.4 Å². The van der Waals surface area contributed by atoms with Gasteiger partial charge in [-0.2, -0.15) is 5.10 Å². The van der Waals surface area contributed by atoms with Crippen LogP contribution in [0.4, 0.5) is 5.13 Å². The number of aromatic nitrogens is 1. The van der Waals surface area contributed by atoms with Gasteiger partial charge in [0.25, 0.3) is 0 Å². The highest BCUT2D eigenvalue weighted by atomic mass is 79.9. The third-order valence-electron chi connectivity index (χ3n) is 2.50. The van der Waals surface area contributed by atoms with Crippen LogP contribution in [0.3, 0.4) is 0 Å². The van der Waals surface area contributed by atoms with Crippen LogP contribution in [-0.4, -0.2) is 27.3 Å². The first-order chi connectivity index (χ1) is 10.4. The summed E-state index contributed by atoms with van der Waals surface area (Å²) in [4.78, 5) is 15.6. The molecular weight excluding hydrogens is 440 g/mol. The number of nitrogens with one attached hydrogen (secondary N) is 1. The molecule has 1 aromatic carbocycles. The second-order valence-corrected chi connectivity index (χ2v) is 6.64. The summed E-state index contributed by atoms with van der Waals surface area (Å²) in [7, 11) is 0. The Morgan fingerprint density at radius 3 is 2.82 bits per heavy atom. The summed E-state index contributed by atoms with van der Waals surface area (Å²) in [5.41, 5.74) is 8.67. The van der Waals surface area contributed by atoms with Gasteiger partial charge in [-0.15, -0.1) is 11.3 Å². The van der Waals surface area contributed by atoms with Gasteiger partial charge in [-0.1, -0.05) is 0 Å². The van der Waals surface area contributed by atoms with Crippen molar-refractivity contribution in [3.8, 4) is 11.5 Å². The predicted octanol–water partition coefficient (Wildman–Crippen LogP) is 2.35. The van der Waals surface area contributed by atoms with Crippen molar-refractivity contribution in [2.24, 2.45) is 5.10 Å². The molecule has 2 rings (SSSR count). The molecule has 0 saturated carbocycles. The van der Waals surface area contributed by atoms with E-state index in [1.165, 1.54) is 23.6 Å². The number of carbonyl (C=O) groups excluding carboxylic acids is 1. The molecule has 0 spiro atoms. The molecular formula is C12H10Br2N4O3S. The van der Waals surface area contributed by atoms with Gasteiger partial charge in [0, 0.05) is 10.9 Å². The number of hydrogen-bond donors (Lipinski definition) is 4. The number of rotatable bonds is 4. The Kier molecular flexibility index (Phi) is 5.37. The SMILES string of the molecule is Nc1nc(CC(=O)N/N=C/c2cc(Br)c(O)c(Br)c2O)cs1. The van der Waals surface area contributed by atoms with E-state index in [1.54, 1.807) is 5.38 Å². The molecule has 1 amide bonds. The van der Waals surface area contributed by atoms with Gasteiger partial charge in [-0.25, -0.2) is 10.4 Å². The standard InChI is InChI=1S/C12H10Br2N4O3S/c13-7-1-5(10(20)9(14)11(7)21)3-16-18-8(19)2-6-4-22-12(15)17-6/h1,3-4,20-21H,2H2,(H2,15,17)(H,18,19)/b16-3+. The van der Waals surface area contributed by atoms with Gasteiger partial charge in [0.15, 0.2) is 5.13 Å². The molecule has 0 aliphatic carbocycles. The van der Waals surface area contributed by atoms with E-state index in [-0.39, 0.29) is 28.3 Å². The normalized spacial score (nSPS) is 11.0. The van der Waals surface area contributed by atoms with Crippen molar-refractivity contribution in [3.05, 3.63) is 31.6 Å². The molecule has 0 aliphatic rings. The number of nitrogens with zero attached hydrogens (tertiary/aromatic N) is 2. The average molecular weight is 450 g/mol. The van der Waals surface area contributed by atoms with Crippen LogP contribution in [0.15, 0.2) is 25.5 Å². The lowest BCUT2D eigenvalue weighted by molar-refractivity contribution is -0.120. The molecule has 2 aromatic rings. The van der Waals surface area contributed by atoms with Crippen LogP contribution in [0, 0.1) is 0 Å². The molecule has 22 heavy (non-hydrogen) atoms. The predicted molar refractivity (Wildman–Crippen MR) is 91.1 cm³/mol. The molecule has 0 radical (unpaired) electrons. The highest BCUT2D eigenvalue weighted by Gasteiger charge is 2.13. The molecule has 0 aliphatic heterocycles. The number of nitrogen functional groups attached to an aromatic ring is 1. The van der Waals surface area contributed by atoms with Crippen LogP contribution >= 0.6 is 43.2 Å². The molecule has 0 fully saturated rings. The smallest absolute Gasteiger partial charge is 0.246 e. The van der Waals surface area contributed by atoms with Crippen molar-refractivity contribution in [1.82, 2.24) is 10.4 Å². The van der Waals surface area contributed by atoms with Crippen molar-refractivity contribution in [1.29, 1.82) is 0 Å². The second-order valence-electron chi connectivity index (χ2n) is 4.11. The van der Waals surface area contributed by atoms with Crippen LogP contribution in [0.2, 0.25) is 0 Å². The number of carbonyl (C=O) groups is 1. The fourth-order valence-electron chi connectivity index (χ4n) is 1.50. The van der Waals surface area contributed by atoms with Gasteiger partial charge in [0.05, 0.1) is 22.8 Å². The van der Waals surface area contributed by atoms with Gasteiger partial charge in [0.1, 0.15) is 16.0 Å². The summed E-state index contributed by atoms with van der Waals surface area (Å²) in [6.07, 6.45) is 1.32. The zero-order valence-electron chi connectivity index (χ0n) is 10.9. The van der Waals surface area contributed by atoms with E-state index in [9.17, 15) is 15.0 Å². The zero-order valence-corrected chi connectivity index (χ0v) is 14.9. The summed E-state index contributed by atoms with van der Waals surface area (Å²) in [6, 6.07) is 1.46. The number of aromatic hydroxyl groups is 2. The van der Waals surface area contributed by atoms with E-state index in [0.717, 1.165) is 0 Å². The van der Waals surface area contributed by atoms with Gasteiger partial charge < -0.3 is 15.9 Å². The van der Waals surface area contributed by atoms with Crippen molar-refractivity contribution < 1.29 is 15.0 Å². The van der Waals surface area contributed by atoms with Crippen LogP contribution in [0.25, 0.3) is 0 Å². The Hall–Kier alpha value is -1.65. The Morgan fingerprint density at radius 1 is 1.45 bits per heavy atom. The monoisotopic (exact) mass is 448 g/mol. The van der Waals surface area contributed by atoms with Crippen molar-refractivity contribution in [3.63, 3.8) is 0 Å². The fourth-order valence-corrected chi connectivity index (χ4v) is 3.21. The topological polar surface area (TPSA) is 121 Å². The molecule has 1 heterocycles. The lowest BCUT2D eigenvalue weighted by Gasteiger charge is -2.06. The van der Waals surface area contributed by atoms with Crippen LogP contribution < -0.4 is 11.2 Å². The van der Waals surface area contributed by atoms with E-state index in [4.69, 9.17) is 5.73 Å². The lowest BCUT2D eigenvalue weighted by atomic mass is 10.2. The number of thiazole rings is 1. The molecule has 0 atom stereocenters. The van der Waals surface area contributed by atoms with E-state index in [1.807, 2.05) is 0 Å². The molecule has 1 aromatic heterocycles. The molecule has 0 saturated heterocycles. The number of nitrogens with two attached hydrogens (primary N) is 1. The van der Waals surface area contributed by atoms with E-state index < -0.39 is 0 Å². The third kappa shape index (κ3) is 3.96. The average Bonchev–Trinajstić information content (AvgIpc) is 2.87. The van der Waals surface area contributed by atoms with Gasteiger partial charge in [-0.05, 0) is 37.9 Å². The highest BCUT2D eigenvalue weighted by molar-refractivity contribution is 9.11. The Morgan fingerprint density at radius 2 is 2.18 bits per heavy atom. The lowest BCUT2D eigenvalue weighted by Crippen LogP contribution is -2.20. The number of hydrogen-bond acceptors (Lipinski definition) is 7. The van der Waals surface area contributed by atoms with Crippen molar-refractivity contribution in [2.75, 3.05) is 5.73 Å². The van der Waals surface area contributed by atoms with E-state index in [0.29, 0.717) is 20.9 Å². The third-order valence-corrected chi connectivity index (χ3v) is 4.58. The van der Waals surface area contributed by atoms with Gasteiger partial charge in [0.2, 0.25) is 5.91 Å². The number of anilines is 1. The minimum Gasteiger partial charge on any atom is -0.506 e. The van der Waals surface area contributed by atoms with E-state index >= 15 is 0 Å². The number of halogens is 2. The quantitative estimate of drug-likeness (QED) is 0.421. The maximum Gasteiger partial charge on any atom is 0.246 e. The molecule has 116 valence electrons. The minimum atomic E-state index is -0.363. The largest absolute Gasteiger partial charge is 0.506 e. The minimum absolute atomic E-state index is 0.0555. The summed E-state index contributed by atoms with van der Waals surface area (Å²) in [5, 5.41) is 25.3. The number of phenols is 2. The Bertz CT molecular complexity index is 748. The van der Waals surface area contributed by atoms with Crippen LogP contribution in [0.1, 0.15) is 11.3 Å². The molecule has 5 N–H and O–H groups in total. The summed E-state index contributed by atoms with van der Waals surface area (Å²) < 4.78 is 0.510. The highest BCUT2D eigenvalue weighted by Crippen LogP contribution is 2.40. The van der Waals surface area contributed by atoms with Crippen LogP contribution in [0.5, 0.6) is 11.5 Å². The first-order valence-electron chi connectivity index (χ1n) is 5.80. The first kappa shape index (κ1) is 16.7. The van der Waals surface area contributed by atoms with Crippen molar-refractivity contribution >= 4 is 60.5 Å². The molecule has 7 nitrogen and oxygen atoms in total. The number of phenolic OH excluding ortho intramolecular Hbond substituents is 2. The molecule has 0 unspecified atom stereocenters. The maximum absolute atomic E-state index is 11.7. The summed E-state index contributed by atoms with van der Waals surface area (Å²) in [6.45, 7) is 0. The maximum atomic E-state index is 11.7. The number of amides is 1. The Balaban J connectivity index is 2.02. The van der Waals surface area contributed by atoms with Gasteiger partial charge >= 0.3 is 0 Å². The Labute approximate surface area is 146 Å². The summed E-state index contributed by atoms with van der Waals surface area (Å²) >= 11 is 7.44. The second kappa shape index (κ2) is 7.07. The first-order valence-corrected chi connectivity index (χ1v) is 8.26. The number of benzene rings is 1. The summed E-state index contributed by atoms with van der Waals surface area (Å²) in [5.74, 6) is -0.677. The molecule has 0 bridgehead atoms. The molecule has 10 heteroatoms. The zero-order chi connectivity index (χ0) is 16.3. The van der Waals surface area contributed by atoms with Gasteiger partial charge in [-0.3, -0.25) is 4.79 Å². The van der Waals surface area contributed by atoms with Crippen molar-refractivity contribution in [2.45, 2.75) is 6.42 Å². The van der Waals surface area contributed by atoms with Crippen LogP contribution in [-0.2, 0) is 11.2 Å². The number of hydrazone groups is 1.